The van der Waals surface area contributed by atoms with E-state index in [2.05, 4.69) is 24.4 Å². The van der Waals surface area contributed by atoms with Crippen molar-refractivity contribution in [1.29, 1.82) is 0 Å². The van der Waals surface area contributed by atoms with E-state index in [4.69, 9.17) is 5.73 Å². The fraction of sp³-hybridized carbons (Fsp3) is 0.692. The van der Waals surface area contributed by atoms with E-state index in [9.17, 15) is 0 Å². The average Bonchev–Trinajstić information content (AvgIpc) is 2.73. The van der Waals surface area contributed by atoms with Crippen LogP contribution in [0.3, 0.4) is 0 Å². The van der Waals surface area contributed by atoms with E-state index in [-0.39, 0.29) is 5.54 Å². The molecule has 1 fully saturated rings. The Morgan fingerprint density at radius 2 is 2.20 bits per heavy atom. The minimum atomic E-state index is 0.135. The van der Waals surface area contributed by atoms with Gasteiger partial charge in [0.1, 0.15) is 0 Å². The Labute approximate surface area is 96.7 Å². The van der Waals surface area contributed by atoms with Crippen LogP contribution in [0.2, 0.25) is 0 Å². The first-order valence-corrected chi connectivity index (χ1v) is 6.87. The second-order valence-corrected chi connectivity index (χ2v) is 6.16. The number of hydrogen-bond donors (Lipinski definition) is 1. The lowest BCUT2D eigenvalue weighted by Crippen LogP contribution is -2.43. The van der Waals surface area contributed by atoms with E-state index in [0.29, 0.717) is 0 Å². The Hall–Kier alpha value is -0.340. The first kappa shape index (κ1) is 11.2. The maximum Gasteiger partial charge on any atom is 0.0158 e. The predicted molar refractivity (Wildman–Crippen MR) is 67.2 cm³/mol. The van der Waals surface area contributed by atoms with Crippen LogP contribution >= 0.6 is 11.3 Å². The highest BCUT2D eigenvalue weighted by Crippen LogP contribution is 2.33. The van der Waals surface area contributed by atoms with Crippen molar-refractivity contribution in [3.8, 4) is 0 Å². The van der Waals surface area contributed by atoms with Crippen LogP contribution in [0.15, 0.2) is 17.5 Å². The molecule has 0 bridgehead atoms. The van der Waals surface area contributed by atoms with Crippen molar-refractivity contribution in [2.24, 2.45) is 11.7 Å². The first-order chi connectivity index (χ1) is 7.18. The summed E-state index contributed by atoms with van der Waals surface area (Å²) in [6.07, 6.45) is 7.42. The van der Waals surface area contributed by atoms with Crippen molar-refractivity contribution in [3.63, 3.8) is 0 Å². The predicted octanol–water partition coefficient (Wildman–Crippen LogP) is 3.59. The molecule has 1 aromatic rings. The molecule has 84 valence electrons. The Morgan fingerprint density at radius 3 is 2.80 bits per heavy atom. The lowest BCUT2D eigenvalue weighted by molar-refractivity contribution is 0.232. The molecule has 1 nitrogen and oxygen atoms in total. The quantitative estimate of drug-likeness (QED) is 0.832. The summed E-state index contributed by atoms with van der Waals surface area (Å²) in [5.41, 5.74) is 6.58. The SMILES string of the molecule is CC1CCC(N)(CCc2cccs2)CC1. The van der Waals surface area contributed by atoms with Crippen LogP contribution in [0.5, 0.6) is 0 Å². The topological polar surface area (TPSA) is 26.0 Å². The summed E-state index contributed by atoms with van der Waals surface area (Å²) in [5.74, 6) is 0.892. The fourth-order valence-electron chi connectivity index (χ4n) is 2.41. The number of rotatable bonds is 3. The summed E-state index contributed by atoms with van der Waals surface area (Å²) in [4.78, 5) is 1.48. The van der Waals surface area contributed by atoms with Gasteiger partial charge in [0.2, 0.25) is 0 Å². The van der Waals surface area contributed by atoms with Gasteiger partial charge in [-0.2, -0.15) is 0 Å². The normalized spacial score (nSPS) is 31.7. The fourth-order valence-corrected chi connectivity index (χ4v) is 3.12. The summed E-state index contributed by atoms with van der Waals surface area (Å²) >= 11 is 1.86. The molecule has 2 heteroatoms. The van der Waals surface area contributed by atoms with Gasteiger partial charge in [0.25, 0.3) is 0 Å². The third-order valence-electron chi connectivity index (χ3n) is 3.72. The first-order valence-electron chi connectivity index (χ1n) is 5.99. The average molecular weight is 223 g/mol. The van der Waals surface area contributed by atoms with Crippen molar-refractivity contribution >= 4 is 11.3 Å². The van der Waals surface area contributed by atoms with Gasteiger partial charge in [-0.3, -0.25) is 0 Å². The third kappa shape index (κ3) is 3.05. The monoisotopic (exact) mass is 223 g/mol. The van der Waals surface area contributed by atoms with Crippen LogP contribution in [0, 0.1) is 5.92 Å². The summed E-state index contributed by atoms with van der Waals surface area (Å²) < 4.78 is 0. The van der Waals surface area contributed by atoms with Crippen molar-refractivity contribution in [2.45, 2.75) is 51.0 Å². The van der Waals surface area contributed by atoms with Gasteiger partial charge in [-0.25, -0.2) is 0 Å². The third-order valence-corrected chi connectivity index (χ3v) is 4.66. The van der Waals surface area contributed by atoms with Gasteiger partial charge >= 0.3 is 0 Å². The molecule has 0 saturated heterocycles. The van der Waals surface area contributed by atoms with Crippen LogP contribution in [0.25, 0.3) is 0 Å². The van der Waals surface area contributed by atoms with Crippen LogP contribution in [0.1, 0.15) is 43.9 Å². The highest BCUT2D eigenvalue weighted by Gasteiger charge is 2.29. The number of thiophene rings is 1. The molecular weight excluding hydrogens is 202 g/mol. The molecule has 1 heterocycles. The van der Waals surface area contributed by atoms with E-state index in [1.807, 2.05) is 11.3 Å². The largest absolute Gasteiger partial charge is 0.325 e. The minimum absolute atomic E-state index is 0.135. The van der Waals surface area contributed by atoms with Gasteiger partial charge < -0.3 is 5.73 Å². The van der Waals surface area contributed by atoms with Gasteiger partial charge in [0.15, 0.2) is 0 Å². The van der Waals surface area contributed by atoms with Crippen molar-refractivity contribution in [3.05, 3.63) is 22.4 Å². The lowest BCUT2D eigenvalue weighted by Gasteiger charge is -2.36. The molecule has 0 amide bonds. The van der Waals surface area contributed by atoms with E-state index < -0.39 is 0 Å². The molecule has 0 aromatic carbocycles. The van der Waals surface area contributed by atoms with E-state index in [1.165, 1.54) is 43.4 Å². The van der Waals surface area contributed by atoms with Gasteiger partial charge in [-0.05, 0) is 55.9 Å². The number of aryl methyl sites for hydroxylation is 1. The number of nitrogens with two attached hydrogens (primary N) is 1. The zero-order chi connectivity index (χ0) is 10.7. The maximum atomic E-state index is 6.44. The van der Waals surface area contributed by atoms with Crippen LogP contribution < -0.4 is 5.73 Å². The molecule has 1 aliphatic rings. The van der Waals surface area contributed by atoms with Gasteiger partial charge in [-0.1, -0.05) is 13.0 Å². The van der Waals surface area contributed by atoms with Crippen LogP contribution in [-0.4, -0.2) is 5.54 Å². The van der Waals surface area contributed by atoms with Gasteiger partial charge in [0.05, 0.1) is 0 Å². The second kappa shape index (κ2) is 4.67. The molecule has 0 aliphatic heterocycles. The number of hydrogen-bond acceptors (Lipinski definition) is 2. The van der Waals surface area contributed by atoms with Crippen molar-refractivity contribution < 1.29 is 0 Å². The van der Waals surface area contributed by atoms with Crippen LogP contribution in [-0.2, 0) is 6.42 Å². The smallest absolute Gasteiger partial charge is 0.0158 e. The molecule has 0 spiro atoms. The maximum absolute atomic E-state index is 6.44. The van der Waals surface area contributed by atoms with Crippen molar-refractivity contribution in [1.82, 2.24) is 0 Å². The highest BCUT2D eigenvalue weighted by atomic mass is 32.1. The lowest BCUT2D eigenvalue weighted by atomic mass is 9.75. The van der Waals surface area contributed by atoms with Gasteiger partial charge in [0, 0.05) is 10.4 Å². The molecule has 0 atom stereocenters. The van der Waals surface area contributed by atoms with E-state index in [0.717, 1.165) is 5.92 Å². The summed E-state index contributed by atoms with van der Waals surface area (Å²) in [7, 11) is 0. The Bertz CT molecular complexity index is 283. The van der Waals surface area contributed by atoms with Crippen LogP contribution in [0.4, 0.5) is 0 Å². The summed E-state index contributed by atoms with van der Waals surface area (Å²) in [6.45, 7) is 2.35. The molecule has 0 radical (unpaired) electrons. The minimum Gasteiger partial charge on any atom is -0.325 e. The Kier molecular flexibility index (Phi) is 3.47. The molecule has 15 heavy (non-hydrogen) atoms. The Morgan fingerprint density at radius 1 is 1.47 bits per heavy atom. The van der Waals surface area contributed by atoms with Gasteiger partial charge in [-0.15, -0.1) is 11.3 Å². The summed E-state index contributed by atoms with van der Waals surface area (Å²) in [5, 5.41) is 2.15. The standard InChI is InChI=1S/C13H21NS/c1-11-4-7-13(14,8-5-11)9-6-12-3-2-10-15-12/h2-3,10-11H,4-9,14H2,1H3. The molecular formula is C13H21NS. The van der Waals surface area contributed by atoms with E-state index >= 15 is 0 Å². The second-order valence-electron chi connectivity index (χ2n) is 5.12. The molecule has 1 aliphatic carbocycles. The Balaban J connectivity index is 1.83. The highest BCUT2D eigenvalue weighted by molar-refractivity contribution is 7.09. The zero-order valence-corrected chi connectivity index (χ0v) is 10.4. The summed E-state index contributed by atoms with van der Waals surface area (Å²) in [6, 6.07) is 4.35. The molecule has 1 saturated carbocycles. The molecule has 2 N–H and O–H groups in total. The molecule has 0 unspecified atom stereocenters. The zero-order valence-electron chi connectivity index (χ0n) is 9.54. The van der Waals surface area contributed by atoms with E-state index in [1.54, 1.807) is 0 Å². The molecule has 2 rings (SSSR count). The molecule has 1 aromatic heterocycles. The van der Waals surface area contributed by atoms with Crippen molar-refractivity contribution in [2.75, 3.05) is 0 Å².